The molecule has 2 aromatic heterocycles. The fourth-order valence-electron chi connectivity index (χ4n) is 2.53. The van der Waals surface area contributed by atoms with Gasteiger partial charge in [-0.1, -0.05) is 17.7 Å². The summed E-state index contributed by atoms with van der Waals surface area (Å²) in [6.07, 6.45) is -4.79. The van der Waals surface area contributed by atoms with Gasteiger partial charge in [-0.2, -0.15) is 18.3 Å². The molecule has 3 aromatic rings. The molecule has 0 unspecified atom stereocenters. The highest BCUT2D eigenvalue weighted by Crippen LogP contribution is 2.36. The van der Waals surface area contributed by atoms with Crippen LogP contribution in [-0.4, -0.2) is 20.7 Å². The largest absolute Gasteiger partial charge is 0.435 e. The number of hydrogen-bond acceptors (Lipinski definition) is 3. The zero-order chi connectivity index (χ0) is 17.6. The molecule has 9 heteroatoms. The van der Waals surface area contributed by atoms with E-state index >= 15 is 0 Å². The van der Waals surface area contributed by atoms with Crippen LogP contribution in [0.5, 0.6) is 0 Å². The molecule has 0 aliphatic rings. The van der Waals surface area contributed by atoms with Crippen molar-refractivity contribution in [1.29, 1.82) is 0 Å². The van der Waals surface area contributed by atoms with Gasteiger partial charge in [0.1, 0.15) is 5.15 Å². The molecule has 0 saturated carbocycles. The molecule has 0 saturated heterocycles. The lowest BCUT2D eigenvalue weighted by molar-refractivity contribution is -0.141. The van der Waals surface area contributed by atoms with Crippen LogP contribution in [0.4, 0.5) is 13.2 Å². The lowest BCUT2D eigenvalue weighted by Gasteiger charge is -2.07. The molecule has 5 nitrogen and oxygen atoms in total. The number of primary amides is 1. The van der Waals surface area contributed by atoms with Crippen molar-refractivity contribution in [2.75, 3.05) is 0 Å². The zero-order valence-electron chi connectivity index (χ0n) is 12.2. The molecular weight excluding hydrogens is 345 g/mol. The van der Waals surface area contributed by atoms with Gasteiger partial charge in [0.2, 0.25) is 0 Å². The Morgan fingerprint density at radius 1 is 1.25 bits per heavy atom. The molecule has 2 N–H and O–H groups in total. The van der Waals surface area contributed by atoms with E-state index in [0.717, 1.165) is 4.68 Å². The number of aromatic nitrogens is 3. The van der Waals surface area contributed by atoms with Crippen LogP contribution < -0.4 is 5.73 Å². The summed E-state index contributed by atoms with van der Waals surface area (Å²) in [7, 11) is 1.32. The van der Waals surface area contributed by atoms with E-state index in [9.17, 15) is 18.0 Å². The van der Waals surface area contributed by atoms with E-state index in [4.69, 9.17) is 17.3 Å². The molecule has 2 heterocycles. The Morgan fingerprint density at radius 3 is 2.58 bits per heavy atom. The lowest BCUT2D eigenvalue weighted by Crippen LogP contribution is -2.18. The molecule has 0 atom stereocenters. The van der Waals surface area contributed by atoms with Crippen molar-refractivity contribution in [1.82, 2.24) is 14.8 Å². The second kappa shape index (κ2) is 5.48. The fourth-order valence-corrected chi connectivity index (χ4v) is 2.69. The third kappa shape index (κ3) is 2.69. The minimum atomic E-state index is -4.79. The van der Waals surface area contributed by atoms with Crippen molar-refractivity contribution >= 4 is 28.4 Å². The fraction of sp³-hybridized carbons (Fsp3) is 0.133. The number of amides is 1. The van der Waals surface area contributed by atoms with Gasteiger partial charge in [0, 0.05) is 18.0 Å². The predicted octanol–water partition coefficient (Wildman–Crippen LogP) is 3.41. The van der Waals surface area contributed by atoms with Gasteiger partial charge in [-0.05, 0) is 24.3 Å². The molecule has 0 aliphatic heterocycles. The Kier molecular flexibility index (Phi) is 3.71. The van der Waals surface area contributed by atoms with Gasteiger partial charge in [-0.3, -0.25) is 9.48 Å². The van der Waals surface area contributed by atoms with E-state index in [1.54, 1.807) is 24.3 Å². The Labute approximate surface area is 138 Å². The molecule has 0 bridgehead atoms. The molecular formula is C15H10ClF3N4O. The van der Waals surface area contributed by atoms with E-state index in [1.807, 2.05) is 0 Å². The minimum Gasteiger partial charge on any atom is -0.365 e. The van der Waals surface area contributed by atoms with E-state index in [0.29, 0.717) is 21.6 Å². The second-order valence-electron chi connectivity index (χ2n) is 5.10. The first-order chi connectivity index (χ1) is 11.2. The Bertz CT molecular complexity index is 965. The van der Waals surface area contributed by atoms with Gasteiger partial charge in [-0.15, -0.1) is 0 Å². The van der Waals surface area contributed by atoms with Crippen LogP contribution in [0.3, 0.4) is 0 Å². The maximum Gasteiger partial charge on any atom is 0.435 e. The van der Waals surface area contributed by atoms with Crippen LogP contribution in [-0.2, 0) is 13.2 Å². The Morgan fingerprint density at radius 2 is 1.96 bits per heavy atom. The molecule has 3 rings (SSSR count). The smallest absolute Gasteiger partial charge is 0.365 e. The van der Waals surface area contributed by atoms with Crippen molar-refractivity contribution in [3.8, 4) is 11.3 Å². The zero-order valence-corrected chi connectivity index (χ0v) is 13.0. The average molecular weight is 355 g/mol. The molecule has 24 heavy (non-hydrogen) atoms. The highest BCUT2D eigenvalue weighted by Gasteiger charge is 2.40. The summed E-state index contributed by atoms with van der Waals surface area (Å²) in [4.78, 5) is 15.7. The van der Waals surface area contributed by atoms with Crippen molar-refractivity contribution < 1.29 is 18.0 Å². The van der Waals surface area contributed by atoms with Gasteiger partial charge in [0.15, 0.2) is 5.69 Å². The summed E-state index contributed by atoms with van der Waals surface area (Å²) < 4.78 is 40.3. The number of carbonyl (C=O) groups excluding carboxylic acids is 1. The van der Waals surface area contributed by atoms with E-state index in [-0.39, 0.29) is 5.69 Å². The molecule has 124 valence electrons. The molecule has 1 amide bonds. The van der Waals surface area contributed by atoms with Gasteiger partial charge in [0.25, 0.3) is 5.91 Å². The number of alkyl halides is 3. The van der Waals surface area contributed by atoms with Crippen LogP contribution in [0.1, 0.15) is 16.1 Å². The van der Waals surface area contributed by atoms with Crippen molar-refractivity contribution in [3.63, 3.8) is 0 Å². The van der Waals surface area contributed by atoms with Gasteiger partial charge in [-0.25, -0.2) is 4.98 Å². The Balaban J connectivity index is 2.28. The van der Waals surface area contributed by atoms with Crippen LogP contribution in [0, 0.1) is 0 Å². The number of hydrogen-bond donors (Lipinski definition) is 1. The molecule has 1 aromatic carbocycles. The summed E-state index contributed by atoms with van der Waals surface area (Å²) >= 11 is 5.81. The van der Waals surface area contributed by atoms with Gasteiger partial charge >= 0.3 is 6.18 Å². The highest BCUT2D eigenvalue weighted by atomic mass is 35.5. The number of pyridine rings is 1. The number of nitrogens with zero attached hydrogens (tertiary/aromatic N) is 3. The maximum absolute atomic E-state index is 13.1. The van der Waals surface area contributed by atoms with Crippen LogP contribution in [0.15, 0.2) is 30.3 Å². The third-order valence-electron chi connectivity index (χ3n) is 3.49. The SMILES string of the molecule is Cn1nc(C(F)(F)F)c(C(N)=O)c1-c1ccc2nc(Cl)ccc2c1. The third-order valence-corrected chi connectivity index (χ3v) is 3.70. The molecule has 0 aliphatic carbocycles. The first-order valence-corrected chi connectivity index (χ1v) is 7.07. The molecule has 0 radical (unpaired) electrons. The Hall–Kier alpha value is -2.61. The van der Waals surface area contributed by atoms with E-state index in [2.05, 4.69) is 10.1 Å². The summed E-state index contributed by atoms with van der Waals surface area (Å²) in [5.41, 5.74) is 4.14. The quantitative estimate of drug-likeness (QED) is 0.717. The number of nitrogens with two attached hydrogens (primary N) is 1. The van der Waals surface area contributed by atoms with Gasteiger partial charge in [0.05, 0.1) is 16.8 Å². The predicted molar refractivity (Wildman–Crippen MR) is 82.5 cm³/mol. The average Bonchev–Trinajstić information content (AvgIpc) is 2.84. The lowest BCUT2D eigenvalue weighted by atomic mass is 10.0. The van der Waals surface area contributed by atoms with Crippen molar-refractivity contribution in [3.05, 3.63) is 46.7 Å². The van der Waals surface area contributed by atoms with Crippen LogP contribution >= 0.6 is 11.6 Å². The van der Waals surface area contributed by atoms with Gasteiger partial charge < -0.3 is 5.73 Å². The van der Waals surface area contributed by atoms with E-state index in [1.165, 1.54) is 13.1 Å². The topological polar surface area (TPSA) is 73.8 Å². The molecule has 0 spiro atoms. The number of benzene rings is 1. The molecule has 0 fully saturated rings. The highest BCUT2D eigenvalue weighted by molar-refractivity contribution is 6.29. The maximum atomic E-state index is 13.1. The summed E-state index contributed by atoms with van der Waals surface area (Å²) in [6.45, 7) is 0. The summed E-state index contributed by atoms with van der Waals surface area (Å²) in [5, 5.41) is 4.38. The normalized spacial score (nSPS) is 11.9. The summed E-state index contributed by atoms with van der Waals surface area (Å²) in [5.74, 6) is -1.19. The van der Waals surface area contributed by atoms with Crippen molar-refractivity contribution in [2.24, 2.45) is 12.8 Å². The summed E-state index contributed by atoms with van der Waals surface area (Å²) in [6, 6.07) is 7.98. The van der Waals surface area contributed by atoms with Crippen LogP contribution in [0.2, 0.25) is 5.15 Å². The first-order valence-electron chi connectivity index (χ1n) is 6.69. The number of rotatable bonds is 2. The number of aryl methyl sites for hydroxylation is 1. The van der Waals surface area contributed by atoms with Crippen LogP contribution in [0.25, 0.3) is 22.2 Å². The first kappa shape index (κ1) is 16.3. The number of carbonyl (C=O) groups is 1. The monoisotopic (exact) mass is 354 g/mol. The van der Waals surface area contributed by atoms with E-state index < -0.39 is 23.3 Å². The number of halogens is 4. The standard InChI is InChI=1S/C15H10ClF3N4O/c1-23-12(11(14(20)24)13(22-23)15(17,18)19)8-2-4-9-7(6-8)3-5-10(16)21-9/h2-6H,1H3,(H2,20,24). The van der Waals surface area contributed by atoms with Crippen molar-refractivity contribution in [2.45, 2.75) is 6.18 Å². The second-order valence-corrected chi connectivity index (χ2v) is 5.49. The minimum absolute atomic E-state index is 0.00771. The number of fused-ring (bicyclic) bond motifs is 1.